The van der Waals surface area contributed by atoms with Crippen molar-refractivity contribution < 1.29 is 20.1 Å². The molecule has 4 heteroatoms. The number of allylic oxidation sites excluding steroid dienone is 1. The molecule has 0 amide bonds. The summed E-state index contributed by atoms with van der Waals surface area (Å²) in [7, 11) is 0. The van der Waals surface area contributed by atoms with Crippen LogP contribution in [0, 0.1) is 10.8 Å². The van der Waals surface area contributed by atoms with E-state index in [4.69, 9.17) is 0 Å². The minimum absolute atomic E-state index is 0.143. The van der Waals surface area contributed by atoms with Gasteiger partial charge in [-0.2, -0.15) is 0 Å². The van der Waals surface area contributed by atoms with Crippen LogP contribution in [0.2, 0.25) is 0 Å². The Morgan fingerprint density at radius 1 is 1.17 bits per heavy atom. The van der Waals surface area contributed by atoms with E-state index in [1.807, 2.05) is 20.8 Å². The molecule has 4 unspecified atom stereocenters. The predicted molar refractivity (Wildman–Crippen MR) is 87.7 cm³/mol. The number of ketones is 1. The summed E-state index contributed by atoms with van der Waals surface area (Å²) in [6.45, 7) is 9.74. The molecule has 0 radical (unpaired) electrons. The first kappa shape index (κ1) is 16.9. The molecule has 0 aliphatic heterocycles. The molecular formula is C19H28O4. The second kappa shape index (κ2) is 4.78. The lowest BCUT2D eigenvalue weighted by Gasteiger charge is -2.59. The van der Waals surface area contributed by atoms with E-state index in [2.05, 4.69) is 6.58 Å². The molecule has 128 valence electrons. The lowest BCUT2D eigenvalue weighted by molar-refractivity contribution is -0.225. The van der Waals surface area contributed by atoms with Crippen molar-refractivity contribution in [1.82, 2.24) is 0 Å². The third-order valence-electron chi connectivity index (χ3n) is 6.59. The monoisotopic (exact) mass is 320 g/mol. The predicted octanol–water partition coefficient (Wildman–Crippen LogP) is 2.28. The van der Waals surface area contributed by atoms with Gasteiger partial charge in [-0.3, -0.25) is 4.79 Å². The highest BCUT2D eigenvalue weighted by atomic mass is 16.4. The number of rotatable bonds is 1. The Balaban J connectivity index is 2.21. The third-order valence-corrected chi connectivity index (χ3v) is 6.59. The smallest absolute Gasteiger partial charge is 0.190 e. The van der Waals surface area contributed by atoms with Gasteiger partial charge in [-0.25, -0.2) is 0 Å². The van der Waals surface area contributed by atoms with Gasteiger partial charge < -0.3 is 15.3 Å². The Hall–Kier alpha value is -0.970. The summed E-state index contributed by atoms with van der Waals surface area (Å²) in [5.41, 5.74) is -2.91. The van der Waals surface area contributed by atoms with Crippen LogP contribution < -0.4 is 0 Å². The van der Waals surface area contributed by atoms with Gasteiger partial charge in [0.25, 0.3) is 0 Å². The van der Waals surface area contributed by atoms with Crippen molar-refractivity contribution in [1.29, 1.82) is 0 Å². The minimum atomic E-state index is -1.84. The molecule has 0 aromatic carbocycles. The molecule has 1 fully saturated rings. The number of fused-ring (bicyclic) bond motifs is 2. The number of carbonyl (C=O) groups is 1. The van der Waals surface area contributed by atoms with E-state index in [1.54, 1.807) is 6.08 Å². The van der Waals surface area contributed by atoms with E-state index in [0.29, 0.717) is 30.4 Å². The van der Waals surface area contributed by atoms with Crippen LogP contribution in [-0.2, 0) is 4.79 Å². The summed E-state index contributed by atoms with van der Waals surface area (Å²) < 4.78 is 0. The van der Waals surface area contributed by atoms with Crippen LogP contribution in [0.4, 0.5) is 0 Å². The number of carbonyl (C=O) groups excluding carboxylic acids is 1. The first-order chi connectivity index (χ1) is 10.5. The topological polar surface area (TPSA) is 77.8 Å². The standard InChI is InChI=1S/C19H28O4/c1-5-17(4)9-10-18(22)12-7-6-8-16(2,3)13(12)14(20)15(21)19(18,23)11-17/h5,15,21-23H,1,6-11H2,2-4H3. The fourth-order valence-corrected chi connectivity index (χ4v) is 5.06. The number of aliphatic hydroxyl groups excluding tert-OH is 1. The lowest BCUT2D eigenvalue weighted by atomic mass is 9.50. The van der Waals surface area contributed by atoms with Gasteiger partial charge in [0, 0.05) is 5.57 Å². The summed E-state index contributed by atoms with van der Waals surface area (Å²) in [6.07, 6.45) is 3.68. The Morgan fingerprint density at radius 2 is 1.83 bits per heavy atom. The summed E-state index contributed by atoms with van der Waals surface area (Å²) in [4.78, 5) is 12.9. The van der Waals surface area contributed by atoms with Gasteiger partial charge in [0.05, 0.1) is 0 Å². The van der Waals surface area contributed by atoms with Gasteiger partial charge in [-0.15, -0.1) is 6.58 Å². The molecule has 0 spiro atoms. The molecular weight excluding hydrogens is 292 g/mol. The fraction of sp³-hybridized carbons (Fsp3) is 0.737. The maximum Gasteiger partial charge on any atom is 0.190 e. The quantitative estimate of drug-likeness (QED) is 0.648. The van der Waals surface area contributed by atoms with E-state index in [1.165, 1.54) is 0 Å². The number of Topliss-reactive ketones (excluding diaryl/α,β-unsaturated/α-hetero) is 1. The Bertz CT molecular complexity index is 604. The minimum Gasteiger partial charge on any atom is -0.383 e. The zero-order valence-electron chi connectivity index (χ0n) is 14.4. The molecule has 23 heavy (non-hydrogen) atoms. The lowest BCUT2D eigenvalue weighted by Crippen LogP contribution is -2.71. The molecule has 3 aliphatic rings. The summed E-state index contributed by atoms with van der Waals surface area (Å²) in [5.74, 6) is -0.412. The van der Waals surface area contributed by atoms with Gasteiger partial charge >= 0.3 is 0 Å². The highest BCUT2D eigenvalue weighted by Crippen LogP contribution is 2.59. The molecule has 0 saturated heterocycles. The van der Waals surface area contributed by atoms with Crippen molar-refractivity contribution in [3.8, 4) is 0 Å². The molecule has 3 aliphatic carbocycles. The molecule has 0 aromatic heterocycles. The van der Waals surface area contributed by atoms with Crippen molar-refractivity contribution in [3.63, 3.8) is 0 Å². The van der Waals surface area contributed by atoms with Gasteiger partial charge in [0.15, 0.2) is 5.78 Å². The van der Waals surface area contributed by atoms with Gasteiger partial charge in [0.2, 0.25) is 0 Å². The fourth-order valence-electron chi connectivity index (χ4n) is 5.06. The number of hydrogen-bond donors (Lipinski definition) is 3. The second-order valence-corrected chi connectivity index (χ2v) is 8.68. The zero-order chi connectivity index (χ0) is 17.3. The van der Waals surface area contributed by atoms with Gasteiger partial charge in [-0.1, -0.05) is 26.8 Å². The van der Waals surface area contributed by atoms with E-state index in [9.17, 15) is 20.1 Å². The number of aliphatic hydroxyl groups is 3. The van der Waals surface area contributed by atoms with E-state index >= 15 is 0 Å². The SMILES string of the molecule is C=CC1(C)CCC2(O)C3=C(C(=O)C(O)C2(O)C1)C(C)(C)CCC3. The molecule has 3 N–H and O–H groups in total. The Labute approximate surface area is 137 Å². The van der Waals surface area contributed by atoms with Crippen LogP contribution in [-0.4, -0.2) is 38.4 Å². The molecule has 4 atom stereocenters. The molecule has 0 heterocycles. The van der Waals surface area contributed by atoms with Gasteiger partial charge in [-0.05, 0) is 54.9 Å². The van der Waals surface area contributed by atoms with E-state index < -0.39 is 28.5 Å². The first-order valence-electron chi connectivity index (χ1n) is 8.56. The van der Waals surface area contributed by atoms with Crippen LogP contribution in [0.25, 0.3) is 0 Å². The maximum absolute atomic E-state index is 12.9. The maximum atomic E-state index is 12.9. The van der Waals surface area contributed by atoms with Crippen molar-refractivity contribution in [2.45, 2.75) is 76.6 Å². The van der Waals surface area contributed by atoms with Crippen molar-refractivity contribution >= 4 is 5.78 Å². The molecule has 0 aromatic rings. The molecule has 0 bridgehead atoms. The van der Waals surface area contributed by atoms with Crippen LogP contribution in [0.3, 0.4) is 0 Å². The highest BCUT2D eigenvalue weighted by molar-refractivity contribution is 6.03. The van der Waals surface area contributed by atoms with Crippen molar-refractivity contribution in [2.75, 3.05) is 0 Å². The molecule has 4 nitrogen and oxygen atoms in total. The summed E-state index contributed by atoms with van der Waals surface area (Å²) in [6, 6.07) is 0. The van der Waals surface area contributed by atoms with Crippen LogP contribution in [0.1, 0.15) is 59.3 Å². The van der Waals surface area contributed by atoms with Crippen LogP contribution in [0.15, 0.2) is 23.8 Å². The zero-order valence-corrected chi connectivity index (χ0v) is 14.4. The second-order valence-electron chi connectivity index (χ2n) is 8.68. The van der Waals surface area contributed by atoms with Gasteiger partial charge in [0.1, 0.15) is 17.3 Å². The average Bonchev–Trinajstić information content (AvgIpc) is 2.48. The summed E-state index contributed by atoms with van der Waals surface area (Å²) in [5, 5.41) is 33.4. The Kier molecular flexibility index (Phi) is 3.50. The first-order valence-corrected chi connectivity index (χ1v) is 8.56. The number of hydrogen-bond acceptors (Lipinski definition) is 4. The van der Waals surface area contributed by atoms with E-state index in [0.717, 1.165) is 12.8 Å². The Morgan fingerprint density at radius 3 is 2.43 bits per heavy atom. The van der Waals surface area contributed by atoms with Crippen LogP contribution in [0.5, 0.6) is 0 Å². The van der Waals surface area contributed by atoms with Crippen LogP contribution >= 0.6 is 0 Å². The average molecular weight is 320 g/mol. The van der Waals surface area contributed by atoms with E-state index in [-0.39, 0.29) is 11.8 Å². The largest absolute Gasteiger partial charge is 0.383 e. The highest BCUT2D eigenvalue weighted by Gasteiger charge is 2.67. The normalized spacial score (nSPS) is 46.2. The molecule has 3 rings (SSSR count). The third kappa shape index (κ3) is 2.04. The van der Waals surface area contributed by atoms with Crippen molar-refractivity contribution in [2.24, 2.45) is 10.8 Å². The molecule has 1 saturated carbocycles. The van der Waals surface area contributed by atoms with Crippen molar-refractivity contribution in [3.05, 3.63) is 23.8 Å². The summed E-state index contributed by atoms with van der Waals surface area (Å²) >= 11 is 0.